The van der Waals surface area contributed by atoms with Crippen LogP contribution in [0.3, 0.4) is 0 Å². The van der Waals surface area contributed by atoms with Crippen LogP contribution in [0.5, 0.6) is 0 Å². The van der Waals surface area contributed by atoms with E-state index < -0.39 is 67.4 Å². The lowest BCUT2D eigenvalue weighted by atomic mass is 9.99. The molecule has 1 rings (SSSR count). The van der Waals surface area contributed by atoms with Crippen molar-refractivity contribution >= 4 is 11.9 Å². The number of esters is 1. The zero-order chi connectivity index (χ0) is 60.3. The number of allylic oxidation sites excluding steroid dienone is 7. The predicted octanol–water partition coefficient (Wildman–Crippen LogP) is 18.0. The van der Waals surface area contributed by atoms with Gasteiger partial charge in [-0.25, -0.2) is 0 Å². The third-order valence-electron chi connectivity index (χ3n) is 16.7. The summed E-state index contributed by atoms with van der Waals surface area (Å²) in [4.78, 5) is 26.6. The van der Waals surface area contributed by atoms with Gasteiger partial charge < -0.3 is 45.1 Å². The van der Waals surface area contributed by atoms with Gasteiger partial charge in [-0.2, -0.15) is 0 Å². The highest BCUT2D eigenvalue weighted by Crippen LogP contribution is 2.26. The van der Waals surface area contributed by atoms with E-state index in [1.807, 2.05) is 6.08 Å². The van der Waals surface area contributed by atoms with E-state index in [2.05, 4.69) is 62.5 Å². The molecule has 1 aliphatic heterocycles. The number of amides is 1. The smallest absolute Gasteiger partial charge is 0.306 e. The molecule has 1 aliphatic rings. The van der Waals surface area contributed by atoms with Crippen molar-refractivity contribution < 1.29 is 49.3 Å². The molecule has 1 amide bonds. The van der Waals surface area contributed by atoms with Crippen molar-refractivity contribution in [3.8, 4) is 0 Å². The molecule has 1 heterocycles. The SMILES string of the molecule is CCCCC/C=C\C/C=C\CCCCCCCCCCCCCCCCCC(=O)OC1C(OCC(NC(=O)C(O)CCCCCCCCCC/C=C/CCCCCCCC)C(O)/C=C/CCCCCCCCCCC)OC(CO)C(O)C1O. The largest absolute Gasteiger partial charge is 0.454 e. The second-order valence-electron chi connectivity index (χ2n) is 24.6. The van der Waals surface area contributed by atoms with Crippen LogP contribution in [0, 0.1) is 0 Å². The van der Waals surface area contributed by atoms with Gasteiger partial charge in [-0.1, -0.05) is 294 Å². The van der Waals surface area contributed by atoms with E-state index in [-0.39, 0.29) is 13.0 Å². The van der Waals surface area contributed by atoms with Gasteiger partial charge in [-0.3, -0.25) is 9.59 Å². The third kappa shape index (κ3) is 47.4. The molecule has 83 heavy (non-hydrogen) atoms. The van der Waals surface area contributed by atoms with Gasteiger partial charge in [-0.05, 0) is 83.5 Å². The summed E-state index contributed by atoms with van der Waals surface area (Å²) in [6.45, 7) is 5.79. The molecule has 486 valence electrons. The molecule has 11 nitrogen and oxygen atoms in total. The average molecular weight is 1170 g/mol. The van der Waals surface area contributed by atoms with Crippen LogP contribution in [0.4, 0.5) is 0 Å². The summed E-state index contributed by atoms with van der Waals surface area (Å²) in [6, 6.07) is -1.02. The molecular weight excluding hydrogens is 1040 g/mol. The Labute approximate surface area is 510 Å². The minimum Gasteiger partial charge on any atom is -0.454 e. The van der Waals surface area contributed by atoms with Crippen LogP contribution in [-0.2, 0) is 23.8 Å². The number of aliphatic hydroxyl groups excluding tert-OH is 5. The molecule has 0 aromatic carbocycles. The van der Waals surface area contributed by atoms with Crippen molar-refractivity contribution in [2.75, 3.05) is 13.2 Å². The number of nitrogens with one attached hydrogen (secondary N) is 1. The summed E-state index contributed by atoms with van der Waals surface area (Å²) in [5.74, 6) is -1.19. The van der Waals surface area contributed by atoms with Crippen LogP contribution in [0.25, 0.3) is 0 Å². The Morgan fingerprint density at radius 1 is 0.470 bits per heavy atom. The molecule has 0 aliphatic carbocycles. The average Bonchev–Trinajstić information content (AvgIpc) is 3.67. The first-order valence-corrected chi connectivity index (χ1v) is 35.4. The number of carbonyl (C=O) groups excluding carboxylic acids is 2. The summed E-state index contributed by atoms with van der Waals surface area (Å²) in [5.41, 5.74) is 0. The fourth-order valence-electron chi connectivity index (χ4n) is 11.1. The Kier molecular flexibility index (Phi) is 56.8. The van der Waals surface area contributed by atoms with E-state index in [0.29, 0.717) is 19.3 Å². The molecular formula is C72H133NO10. The normalized spacial score (nSPS) is 18.8. The number of carbonyl (C=O) groups is 2. The molecule has 0 bridgehead atoms. The summed E-state index contributed by atoms with van der Waals surface area (Å²) in [6.07, 6.45) is 64.4. The molecule has 0 radical (unpaired) electrons. The van der Waals surface area contributed by atoms with Crippen LogP contribution < -0.4 is 5.32 Å². The zero-order valence-corrected chi connectivity index (χ0v) is 54.1. The van der Waals surface area contributed by atoms with Crippen LogP contribution in [0.15, 0.2) is 48.6 Å². The van der Waals surface area contributed by atoms with Gasteiger partial charge in [0.25, 0.3) is 0 Å². The maximum absolute atomic E-state index is 13.5. The number of ether oxygens (including phenoxy) is 3. The van der Waals surface area contributed by atoms with E-state index in [1.165, 1.54) is 218 Å². The molecule has 11 heteroatoms. The van der Waals surface area contributed by atoms with Crippen molar-refractivity contribution in [1.29, 1.82) is 0 Å². The molecule has 1 saturated heterocycles. The monoisotopic (exact) mass is 1170 g/mol. The molecule has 8 unspecified atom stereocenters. The van der Waals surface area contributed by atoms with Gasteiger partial charge in [0.15, 0.2) is 12.4 Å². The number of hydrogen-bond acceptors (Lipinski definition) is 10. The van der Waals surface area contributed by atoms with Crippen LogP contribution >= 0.6 is 0 Å². The highest BCUT2D eigenvalue weighted by Gasteiger charge is 2.47. The van der Waals surface area contributed by atoms with Crippen LogP contribution in [-0.4, -0.2) is 99.6 Å². The quantitative estimate of drug-likeness (QED) is 0.0195. The first-order valence-electron chi connectivity index (χ1n) is 35.4. The standard InChI is InChI=1S/C72H133NO10/c1-4-7-10-13-16-19-22-24-26-28-30-31-32-33-34-35-36-38-40-42-45-48-51-54-57-60-67(77)83-70-69(79)68(78)66(61-74)82-72(70)81-62-63(64(75)58-55-52-49-46-43-21-18-15-12-9-6-3)73-71(80)65(76)59-56-53-50-47-44-41-39-37-29-27-25-23-20-17-14-11-8-5-2/h16,19,24-27,55,58,63-66,68-70,72,74-76,78-79H,4-15,17-18,20-23,28-54,56-57,59-62H2,1-3H3,(H,73,80)/b19-16-,26-24-,27-25+,58-55+. The van der Waals surface area contributed by atoms with Crippen molar-refractivity contribution in [3.63, 3.8) is 0 Å². The van der Waals surface area contributed by atoms with Gasteiger partial charge in [0, 0.05) is 6.42 Å². The lowest BCUT2D eigenvalue weighted by molar-refractivity contribution is -0.305. The lowest BCUT2D eigenvalue weighted by Crippen LogP contribution is -2.61. The second-order valence-corrected chi connectivity index (χ2v) is 24.6. The minimum atomic E-state index is -1.61. The lowest BCUT2D eigenvalue weighted by Gasteiger charge is -2.41. The third-order valence-corrected chi connectivity index (χ3v) is 16.7. The highest BCUT2D eigenvalue weighted by atomic mass is 16.7. The summed E-state index contributed by atoms with van der Waals surface area (Å²) < 4.78 is 17.7. The van der Waals surface area contributed by atoms with Crippen molar-refractivity contribution in [3.05, 3.63) is 48.6 Å². The number of rotatable bonds is 61. The Morgan fingerprint density at radius 3 is 1.27 bits per heavy atom. The molecule has 1 fully saturated rings. The van der Waals surface area contributed by atoms with E-state index in [1.54, 1.807) is 6.08 Å². The number of hydrogen-bond donors (Lipinski definition) is 6. The number of aliphatic hydroxyl groups is 5. The number of unbranched alkanes of at least 4 members (excludes halogenated alkanes) is 41. The fraction of sp³-hybridized carbons (Fsp3) is 0.861. The van der Waals surface area contributed by atoms with Gasteiger partial charge in [0.05, 0.1) is 25.4 Å². The Balaban J connectivity index is 2.54. The topological polar surface area (TPSA) is 175 Å². The van der Waals surface area contributed by atoms with Gasteiger partial charge in [0.1, 0.15) is 24.4 Å². The molecule has 0 spiro atoms. The Morgan fingerprint density at radius 2 is 0.831 bits per heavy atom. The Bertz CT molecular complexity index is 1540. The second kappa shape index (κ2) is 59.9. The maximum Gasteiger partial charge on any atom is 0.306 e. The highest BCUT2D eigenvalue weighted by molar-refractivity contribution is 5.80. The van der Waals surface area contributed by atoms with Crippen molar-refractivity contribution in [2.45, 2.75) is 384 Å². The first-order chi connectivity index (χ1) is 40.7. The van der Waals surface area contributed by atoms with Crippen molar-refractivity contribution in [2.24, 2.45) is 0 Å². The maximum atomic E-state index is 13.5. The fourth-order valence-corrected chi connectivity index (χ4v) is 11.1. The summed E-state index contributed by atoms with van der Waals surface area (Å²) >= 11 is 0. The minimum absolute atomic E-state index is 0.125. The molecule has 8 atom stereocenters. The predicted molar refractivity (Wildman–Crippen MR) is 347 cm³/mol. The summed E-state index contributed by atoms with van der Waals surface area (Å²) in [5, 5.41) is 57.2. The summed E-state index contributed by atoms with van der Waals surface area (Å²) in [7, 11) is 0. The van der Waals surface area contributed by atoms with E-state index in [4.69, 9.17) is 14.2 Å². The van der Waals surface area contributed by atoms with Gasteiger partial charge in [-0.15, -0.1) is 0 Å². The molecule has 0 aromatic rings. The first kappa shape index (κ1) is 78.6. The van der Waals surface area contributed by atoms with Crippen molar-refractivity contribution in [1.82, 2.24) is 5.32 Å². The van der Waals surface area contributed by atoms with Crippen LogP contribution in [0.1, 0.15) is 335 Å². The van der Waals surface area contributed by atoms with Gasteiger partial charge >= 0.3 is 5.97 Å². The van der Waals surface area contributed by atoms with E-state index in [0.717, 1.165) is 70.6 Å². The zero-order valence-electron chi connectivity index (χ0n) is 54.1. The molecule has 0 aromatic heterocycles. The van der Waals surface area contributed by atoms with E-state index in [9.17, 15) is 35.1 Å². The van der Waals surface area contributed by atoms with Gasteiger partial charge in [0.2, 0.25) is 5.91 Å². The van der Waals surface area contributed by atoms with Crippen LogP contribution in [0.2, 0.25) is 0 Å². The molecule has 6 N–H and O–H groups in total. The Hall–Kier alpha value is -2.38. The molecule has 0 saturated carbocycles. The van der Waals surface area contributed by atoms with E-state index >= 15 is 0 Å².